The Bertz CT molecular complexity index is 1480. The summed E-state index contributed by atoms with van der Waals surface area (Å²) in [6.07, 6.45) is 2.41. The number of para-hydroxylation sites is 1. The van der Waals surface area contributed by atoms with Gasteiger partial charge in [0.05, 0.1) is 13.2 Å². The highest BCUT2D eigenvalue weighted by Crippen LogP contribution is 2.29. The molecule has 0 aliphatic carbocycles. The van der Waals surface area contributed by atoms with Crippen LogP contribution in [-0.4, -0.2) is 57.4 Å². The summed E-state index contributed by atoms with van der Waals surface area (Å²) >= 11 is 0. The number of rotatable bonds is 7. The monoisotopic (exact) mass is 489 g/mol. The second kappa shape index (κ2) is 9.98. The van der Waals surface area contributed by atoms with Crippen molar-refractivity contribution in [3.63, 3.8) is 0 Å². The van der Waals surface area contributed by atoms with Crippen LogP contribution < -0.4 is 26.2 Å². The zero-order valence-electron chi connectivity index (χ0n) is 20.8. The molecule has 1 aromatic carbocycles. The molecular formula is C26H31N7O3. The SMILES string of the molecule is CCCn1c(=O)c2[nH]c(-c3ccc(N4CCNCC4)nc3)nc2n(C(C)c2ccccc2OC)c1=O. The number of nitrogens with one attached hydrogen (secondary N) is 2. The summed E-state index contributed by atoms with van der Waals surface area (Å²) < 4.78 is 8.40. The number of hydrogen-bond acceptors (Lipinski definition) is 7. The number of hydrogen-bond donors (Lipinski definition) is 2. The van der Waals surface area contributed by atoms with Gasteiger partial charge in [0.2, 0.25) is 0 Å². The molecule has 0 bridgehead atoms. The first-order valence-corrected chi connectivity index (χ1v) is 12.3. The molecule has 0 spiro atoms. The maximum atomic E-state index is 13.6. The van der Waals surface area contributed by atoms with Gasteiger partial charge in [-0.05, 0) is 31.5 Å². The summed E-state index contributed by atoms with van der Waals surface area (Å²) in [6.45, 7) is 7.84. The van der Waals surface area contributed by atoms with Crippen molar-refractivity contribution >= 4 is 17.0 Å². The Hall–Kier alpha value is -3.92. The molecule has 36 heavy (non-hydrogen) atoms. The van der Waals surface area contributed by atoms with E-state index in [1.54, 1.807) is 17.9 Å². The van der Waals surface area contributed by atoms with Crippen LogP contribution in [-0.2, 0) is 6.54 Å². The van der Waals surface area contributed by atoms with E-state index >= 15 is 0 Å². The number of aromatic nitrogens is 5. The fraction of sp³-hybridized carbons (Fsp3) is 0.385. The highest BCUT2D eigenvalue weighted by molar-refractivity contribution is 5.76. The average Bonchev–Trinajstić information content (AvgIpc) is 3.37. The van der Waals surface area contributed by atoms with Gasteiger partial charge in [-0.25, -0.2) is 14.8 Å². The largest absolute Gasteiger partial charge is 0.496 e. The van der Waals surface area contributed by atoms with E-state index in [9.17, 15) is 9.59 Å². The van der Waals surface area contributed by atoms with Gasteiger partial charge < -0.3 is 19.9 Å². The lowest BCUT2D eigenvalue weighted by Gasteiger charge is -2.28. The van der Waals surface area contributed by atoms with Gasteiger partial charge >= 0.3 is 5.69 Å². The summed E-state index contributed by atoms with van der Waals surface area (Å²) in [5, 5.41) is 3.34. The number of nitrogens with zero attached hydrogens (tertiary/aromatic N) is 5. The van der Waals surface area contributed by atoms with E-state index in [2.05, 4.69) is 20.2 Å². The van der Waals surface area contributed by atoms with Crippen molar-refractivity contribution in [3.05, 3.63) is 69.0 Å². The van der Waals surface area contributed by atoms with Gasteiger partial charge in [0, 0.05) is 50.0 Å². The Balaban J connectivity index is 1.64. The minimum absolute atomic E-state index is 0.297. The third-order valence-corrected chi connectivity index (χ3v) is 6.69. The Morgan fingerprint density at radius 2 is 1.89 bits per heavy atom. The average molecular weight is 490 g/mol. The van der Waals surface area contributed by atoms with Crippen molar-refractivity contribution in [2.24, 2.45) is 0 Å². The lowest BCUT2D eigenvalue weighted by atomic mass is 10.1. The molecule has 0 radical (unpaired) electrons. The maximum absolute atomic E-state index is 13.6. The number of piperazine rings is 1. The summed E-state index contributed by atoms with van der Waals surface area (Å²) in [5.41, 5.74) is 1.43. The van der Waals surface area contributed by atoms with Gasteiger partial charge in [-0.15, -0.1) is 0 Å². The third-order valence-electron chi connectivity index (χ3n) is 6.69. The van der Waals surface area contributed by atoms with Crippen LogP contribution in [0.25, 0.3) is 22.6 Å². The van der Waals surface area contributed by atoms with E-state index in [-0.39, 0.29) is 5.56 Å². The number of benzene rings is 1. The molecule has 2 N–H and O–H groups in total. The fourth-order valence-corrected chi connectivity index (χ4v) is 4.79. The first-order valence-electron chi connectivity index (χ1n) is 12.3. The second-order valence-electron chi connectivity index (χ2n) is 8.95. The predicted octanol–water partition coefficient (Wildman–Crippen LogP) is 2.39. The number of ether oxygens (including phenoxy) is 1. The van der Waals surface area contributed by atoms with E-state index in [4.69, 9.17) is 9.72 Å². The molecule has 1 atom stereocenters. The quantitative estimate of drug-likeness (QED) is 0.410. The molecule has 4 aromatic rings. The molecule has 10 nitrogen and oxygen atoms in total. The smallest absolute Gasteiger partial charge is 0.333 e. The van der Waals surface area contributed by atoms with Crippen molar-refractivity contribution in [1.29, 1.82) is 0 Å². The van der Waals surface area contributed by atoms with Crippen molar-refractivity contribution in [2.75, 3.05) is 38.2 Å². The summed E-state index contributed by atoms with van der Waals surface area (Å²) in [7, 11) is 1.60. The summed E-state index contributed by atoms with van der Waals surface area (Å²) in [4.78, 5) is 41.7. The topological polar surface area (TPSA) is 110 Å². The molecule has 0 saturated carbocycles. The van der Waals surface area contributed by atoms with Crippen molar-refractivity contribution in [2.45, 2.75) is 32.9 Å². The van der Waals surface area contributed by atoms with E-state index in [1.807, 2.05) is 50.2 Å². The summed E-state index contributed by atoms with van der Waals surface area (Å²) in [5.74, 6) is 2.07. The molecule has 1 unspecified atom stereocenters. The van der Waals surface area contributed by atoms with Crippen LogP contribution in [0.5, 0.6) is 5.75 Å². The van der Waals surface area contributed by atoms with E-state index in [1.165, 1.54) is 4.57 Å². The predicted molar refractivity (Wildman–Crippen MR) is 140 cm³/mol. The van der Waals surface area contributed by atoms with E-state index < -0.39 is 11.7 Å². The molecule has 0 amide bonds. The van der Waals surface area contributed by atoms with Crippen LogP contribution in [0.1, 0.15) is 31.9 Å². The highest BCUT2D eigenvalue weighted by Gasteiger charge is 2.23. The summed E-state index contributed by atoms with van der Waals surface area (Å²) in [6, 6.07) is 11.1. The molecule has 3 aromatic heterocycles. The zero-order chi connectivity index (χ0) is 25.2. The number of fused-ring (bicyclic) bond motifs is 1. The number of anilines is 1. The van der Waals surface area contributed by atoms with Crippen LogP contribution in [0.15, 0.2) is 52.2 Å². The van der Waals surface area contributed by atoms with Gasteiger partial charge in [-0.1, -0.05) is 25.1 Å². The van der Waals surface area contributed by atoms with E-state index in [0.717, 1.165) is 43.1 Å². The molecule has 4 heterocycles. The molecular weight excluding hydrogens is 458 g/mol. The Morgan fingerprint density at radius 3 is 2.58 bits per heavy atom. The van der Waals surface area contributed by atoms with Gasteiger partial charge in [0.15, 0.2) is 5.65 Å². The number of methoxy groups -OCH3 is 1. The van der Waals surface area contributed by atoms with Gasteiger partial charge in [-0.3, -0.25) is 13.9 Å². The lowest BCUT2D eigenvalue weighted by Crippen LogP contribution is -2.43. The number of imidazole rings is 1. The van der Waals surface area contributed by atoms with E-state index in [0.29, 0.717) is 35.7 Å². The van der Waals surface area contributed by atoms with Gasteiger partial charge in [0.1, 0.15) is 22.9 Å². The molecule has 1 saturated heterocycles. The van der Waals surface area contributed by atoms with Crippen molar-refractivity contribution in [1.82, 2.24) is 29.4 Å². The third kappa shape index (κ3) is 4.17. The Morgan fingerprint density at radius 1 is 1.11 bits per heavy atom. The number of pyridine rings is 1. The van der Waals surface area contributed by atoms with Crippen molar-refractivity contribution < 1.29 is 4.74 Å². The van der Waals surface area contributed by atoms with Crippen molar-refractivity contribution in [3.8, 4) is 17.1 Å². The normalized spacial score (nSPS) is 14.8. The molecule has 188 valence electrons. The highest BCUT2D eigenvalue weighted by atomic mass is 16.5. The molecule has 5 rings (SSSR count). The Kier molecular flexibility index (Phi) is 6.60. The van der Waals surface area contributed by atoms with Crippen LogP contribution in [0.3, 0.4) is 0 Å². The maximum Gasteiger partial charge on any atom is 0.333 e. The first kappa shape index (κ1) is 23.8. The zero-order valence-corrected chi connectivity index (χ0v) is 20.8. The Labute approximate surface area is 208 Å². The molecule has 1 aliphatic heterocycles. The number of aromatic amines is 1. The molecule has 1 aliphatic rings. The fourth-order valence-electron chi connectivity index (χ4n) is 4.79. The lowest BCUT2D eigenvalue weighted by molar-refractivity contribution is 0.402. The van der Waals surface area contributed by atoms with Crippen LogP contribution in [0.4, 0.5) is 5.82 Å². The van der Waals surface area contributed by atoms with Gasteiger partial charge in [-0.2, -0.15) is 0 Å². The molecule has 1 fully saturated rings. The minimum Gasteiger partial charge on any atom is -0.496 e. The number of H-pyrrole nitrogens is 1. The van der Waals surface area contributed by atoms with Crippen LogP contribution in [0.2, 0.25) is 0 Å². The second-order valence-corrected chi connectivity index (χ2v) is 8.95. The van der Waals surface area contributed by atoms with Crippen LogP contribution >= 0.6 is 0 Å². The first-order chi connectivity index (χ1) is 17.5. The molecule has 10 heteroatoms. The standard InChI is InChI=1S/C26H31N7O3/c1-4-13-32-25(34)22-24(33(26(32)35)17(2)19-7-5-6-8-20(19)36-3)30-23(29-22)18-9-10-21(28-16-18)31-14-11-27-12-15-31/h5-10,16-17,27H,4,11-15H2,1-3H3,(H,29,30). The van der Waals surface area contributed by atoms with Crippen LogP contribution in [0, 0.1) is 0 Å². The van der Waals surface area contributed by atoms with Gasteiger partial charge in [0.25, 0.3) is 5.56 Å². The minimum atomic E-state index is -0.413.